The molecular formula is C22H29N5O. The number of hydrogen-bond acceptors (Lipinski definition) is 4. The van der Waals surface area contributed by atoms with Gasteiger partial charge in [0, 0.05) is 38.9 Å². The van der Waals surface area contributed by atoms with Gasteiger partial charge in [-0.2, -0.15) is 0 Å². The molecule has 4 rings (SSSR count). The Kier molecular flexibility index (Phi) is 6.19. The molecule has 0 spiro atoms. The third kappa shape index (κ3) is 4.51. The van der Waals surface area contributed by atoms with Crippen LogP contribution in [0.2, 0.25) is 0 Å². The topological polar surface area (TPSA) is 53.0 Å². The zero-order valence-electron chi connectivity index (χ0n) is 16.5. The van der Waals surface area contributed by atoms with Crippen molar-refractivity contribution >= 4 is 5.96 Å². The number of fused-ring (bicyclic) bond motifs is 1. The lowest BCUT2D eigenvalue weighted by molar-refractivity contribution is -0.0502. The molecule has 0 aliphatic carbocycles. The Morgan fingerprint density at radius 1 is 1.18 bits per heavy atom. The summed E-state index contributed by atoms with van der Waals surface area (Å²) in [4.78, 5) is 14.1. The highest BCUT2D eigenvalue weighted by Crippen LogP contribution is 2.24. The van der Waals surface area contributed by atoms with Crippen LogP contribution in [0.15, 0.2) is 59.7 Å². The molecule has 1 aromatic heterocycles. The fourth-order valence-corrected chi connectivity index (χ4v) is 4.02. The minimum atomic E-state index is 0.233. The molecule has 148 valence electrons. The first-order valence-corrected chi connectivity index (χ1v) is 10.2. The summed E-state index contributed by atoms with van der Waals surface area (Å²) in [6.45, 7) is 8.11. The van der Waals surface area contributed by atoms with Gasteiger partial charge in [-0.15, -0.1) is 0 Å². The molecule has 0 radical (unpaired) electrons. The number of likely N-dealkylation sites (tertiary alicyclic amines) is 1. The van der Waals surface area contributed by atoms with Crippen LogP contribution in [0.5, 0.6) is 0 Å². The van der Waals surface area contributed by atoms with Crippen molar-refractivity contribution in [1.29, 1.82) is 0 Å². The van der Waals surface area contributed by atoms with Gasteiger partial charge in [0.2, 0.25) is 0 Å². The monoisotopic (exact) mass is 379 g/mol. The van der Waals surface area contributed by atoms with Crippen molar-refractivity contribution in [2.75, 3.05) is 32.8 Å². The molecule has 2 aliphatic rings. The van der Waals surface area contributed by atoms with Gasteiger partial charge in [-0.1, -0.05) is 36.4 Å². The molecule has 2 aliphatic heterocycles. The molecule has 0 bridgehead atoms. The molecule has 0 amide bonds. The predicted octanol–water partition coefficient (Wildman–Crippen LogP) is 2.13. The molecule has 6 heteroatoms. The van der Waals surface area contributed by atoms with Crippen LogP contribution in [0.25, 0.3) is 0 Å². The van der Waals surface area contributed by atoms with Crippen molar-refractivity contribution in [3.63, 3.8) is 0 Å². The Bertz CT molecular complexity index is 767. The number of ether oxygens (including phenoxy) is 1. The lowest BCUT2D eigenvalue weighted by Gasteiger charge is -2.36. The average Bonchev–Trinajstić information content (AvgIpc) is 3.18. The van der Waals surface area contributed by atoms with E-state index in [9.17, 15) is 0 Å². The summed E-state index contributed by atoms with van der Waals surface area (Å²) >= 11 is 0. The van der Waals surface area contributed by atoms with Crippen molar-refractivity contribution in [3.05, 3.63) is 66.0 Å². The smallest absolute Gasteiger partial charge is 0.194 e. The van der Waals surface area contributed by atoms with Crippen LogP contribution >= 0.6 is 0 Å². The van der Waals surface area contributed by atoms with E-state index in [2.05, 4.69) is 57.4 Å². The molecule has 2 aromatic rings. The number of rotatable bonds is 5. The van der Waals surface area contributed by atoms with Crippen LogP contribution in [0, 0.1) is 0 Å². The van der Waals surface area contributed by atoms with Gasteiger partial charge in [-0.3, -0.25) is 9.88 Å². The third-order valence-electron chi connectivity index (χ3n) is 5.40. The maximum absolute atomic E-state index is 6.11. The van der Waals surface area contributed by atoms with Gasteiger partial charge < -0.3 is 15.0 Å². The number of morpholine rings is 1. The van der Waals surface area contributed by atoms with E-state index in [4.69, 9.17) is 9.73 Å². The number of aliphatic imine (C=N–C) groups is 1. The first kappa shape index (κ1) is 18.9. The maximum Gasteiger partial charge on any atom is 0.194 e. The molecule has 28 heavy (non-hydrogen) atoms. The molecular weight excluding hydrogens is 350 g/mol. The SMILES string of the molecule is CCNC(=NCc1ccccn1)N1CC2OCCN(Cc3ccccc3)C2C1. The van der Waals surface area contributed by atoms with Crippen LogP contribution in [0.4, 0.5) is 0 Å². The van der Waals surface area contributed by atoms with Gasteiger partial charge in [0.05, 0.1) is 31.0 Å². The van der Waals surface area contributed by atoms with Crippen LogP contribution in [0.3, 0.4) is 0 Å². The summed E-state index contributed by atoms with van der Waals surface area (Å²) in [5.41, 5.74) is 2.34. The van der Waals surface area contributed by atoms with Gasteiger partial charge >= 0.3 is 0 Å². The molecule has 2 fully saturated rings. The normalized spacial score (nSPS) is 22.9. The second kappa shape index (κ2) is 9.17. The number of hydrogen-bond donors (Lipinski definition) is 1. The molecule has 2 unspecified atom stereocenters. The molecule has 1 aromatic carbocycles. The Balaban J connectivity index is 1.45. The zero-order chi connectivity index (χ0) is 19.2. The standard InChI is InChI=1S/C22H29N5O/c1-2-23-22(25-14-19-10-6-7-11-24-19)27-16-20-21(17-27)28-13-12-26(20)15-18-8-4-3-5-9-18/h3-11,20-21H,2,12-17H2,1H3,(H,23,25). The highest BCUT2D eigenvalue weighted by atomic mass is 16.5. The first-order chi connectivity index (χ1) is 13.8. The van der Waals surface area contributed by atoms with E-state index in [0.29, 0.717) is 12.6 Å². The van der Waals surface area contributed by atoms with Crippen molar-refractivity contribution in [3.8, 4) is 0 Å². The maximum atomic E-state index is 6.11. The summed E-state index contributed by atoms with van der Waals surface area (Å²) in [5.74, 6) is 0.950. The lowest BCUT2D eigenvalue weighted by Crippen LogP contribution is -2.50. The van der Waals surface area contributed by atoms with Crippen molar-refractivity contribution in [2.24, 2.45) is 4.99 Å². The van der Waals surface area contributed by atoms with Crippen molar-refractivity contribution < 1.29 is 4.74 Å². The van der Waals surface area contributed by atoms with Crippen LogP contribution < -0.4 is 5.32 Å². The quantitative estimate of drug-likeness (QED) is 0.637. The number of guanidine groups is 1. The largest absolute Gasteiger partial charge is 0.373 e. The fourth-order valence-electron chi connectivity index (χ4n) is 4.02. The van der Waals surface area contributed by atoms with Gasteiger partial charge in [0.25, 0.3) is 0 Å². The van der Waals surface area contributed by atoms with Gasteiger partial charge in [0.1, 0.15) is 0 Å². The van der Waals surface area contributed by atoms with E-state index in [1.165, 1.54) is 5.56 Å². The fraction of sp³-hybridized carbons (Fsp3) is 0.455. The minimum absolute atomic E-state index is 0.233. The number of benzene rings is 1. The second-order valence-corrected chi connectivity index (χ2v) is 7.33. The van der Waals surface area contributed by atoms with E-state index in [1.54, 1.807) is 0 Å². The Morgan fingerprint density at radius 3 is 2.82 bits per heavy atom. The summed E-state index contributed by atoms with van der Waals surface area (Å²) in [6, 6.07) is 17.1. The summed E-state index contributed by atoms with van der Waals surface area (Å²) in [6.07, 6.45) is 2.05. The molecule has 0 saturated carbocycles. The number of nitrogens with one attached hydrogen (secondary N) is 1. The molecule has 1 N–H and O–H groups in total. The van der Waals surface area contributed by atoms with E-state index in [1.807, 2.05) is 24.4 Å². The molecule has 3 heterocycles. The summed E-state index contributed by atoms with van der Waals surface area (Å²) < 4.78 is 6.11. The second-order valence-electron chi connectivity index (χ2n) is 7.33. The van der Waals surface area contributed by atoms with Crippen LogP contribution in [-0.2, 0) is 17.8 Å². The number of aromatic nitrogens is 1. The highest BCUT2D eigenvalue weighted by molar-refractivity contribution is 5.80. The van der Waals surface area contributed by atoms with Crippen molar-refractivity contribution in [2.45, 2.75) is 32.2 Å². The van der Waals surface area contributed by atoms with Gasteiger partial charge in [-0.25, -0.2) is 4.99 Å². The van der Waals surface area contributed by atoms with E-state index >= 15 is 0 Å². The number of pyridine rings is 1. The van der Waals surface area contributed by atoms with Gasteiger partial charge in [0.15, 0.2) is 5.96 Å². The molecule has 6 nitrogen and oxygen atoms in total. The van der Waals surface area contributed by atoms with E-state index in [0.717, 1.165) is 51.0 Å². The van der Waals surface area contributed by atoms with E-state index < -0.39 is 0 Å². The third-order valence-corrected chi connectivity index (χ3v) is 5.40. The first-order valence-electron chi connectivity index (χ1n) is 10.2. The Labute approximate surface area is 167 Å². The Hall–Kier alpha value is -2.44. The minimum Gasteiger partial charge on any atom is -0.373 e. The Morgan fingerprint density at radius 2 is 2.04 bits per heavy atom. The van der Waals surface area contributed by atoms with Crippen LogP contribution in [0.1, 0.15) is 18.2 Å². The van der Waals surface area contributed by atoms with Gasteiger partial charge in [-0.05, 0) is 24.6 Å². The summed E-state index contributed by atoms with van der Waals surface area (Å²) in [7, 11) is 0. The number of nitrogens with zero attached hydrogens (tertiary/aromatic N) is 4. The zero-order valence-corrected chi connectivity index (χ0v) is 16.5. The molecule has 2 atom stereocenters. The predicted molar refractivity (Wildman–Crippen MR) is 111 cm³/mol. The van der Waals surface area contributed by atoms with E-state index in [-0.39, 0.29) is 6.10 Å². The molecule has 2 saturated heterocycles. The lowest BCUT2D eigenvalue weighted by atomic mass is 10.1. The summed E-state index contributed by atoms with van der Waals surface area (Å²) in [5, 5.41) is 3.44. The van der Waals surface area contributed by atoms with Crippen LogP contribution in [-0.4, -0.2) is 65.7 Å². The van der Waals surface area contributed by atoms with Crippen molar-refractivity contribution in [1.82, 2.24) is 20.1 Å². The average molecular weight is 380 g/mol. The highest BCUT2D eigenvalue weighted by Gasteiger charge is 2.41.